The van der Waals surface area contributed by atoms with Gasteiger partial charge in [0.15, 0.2) is 0 Å². The van der Waals surface area contributed by atoms with Gasteiger partial charge in [0.25, 0.3) is 0 Å². The highest BCUT2D eigenvalue weighted by Gasteiger charge is 2.31. The highest BCUT2D eigenvalue weighted by Crippen LogP contribution is 2.22. The summed E-state index contributed by atoms with van der Waals surface area (Å²) in [5, 5.41) is 0. The first-order chi connectivity index (χ1) is 11.6. The Morgan fingerprint density at radius 2 is 1.83 bits per heavy atom. The van der Waals surface area contributed by atoms with Crippen LogP contribution >= 0.6 is 0 Å². The monoisotopic (exact) mass is 329 g/mol. The van der Waals surface area contributed by atoms with Gasteiger partial charge in [-0.3, -0.25) is 14.5 Å². The molecule has 0 bridgehead atoms. The molecule has 0 aromatic heterocycles. The summed E-state index contributed by atoms with van der Waals surface area (Å²) >= 11 is 0. The zero-order valence-electron chi connectivity index (χ0n) is 14.2. The van der Waals surface area contributed by atoms with E-state index in [0.29, 0.717) is 19.1 Å². The molecule has 2 heterocycles. The van der Waals surface area contributed by atoms with Crippen LogP contribution in [-0.2, 0) is 16.0 Å². The molecule has 2 aliphatic rings. The summed E-state index contributed by atoms with van der Waals surface area (Å²) in [7, 11) is 0. The molecular formula is C19H27N3O2. The number of hydrogen-bond acceptors (Lipinski definition) is 3. The topological polar surface area (TPSA) is 66.6 Å². The van der Waals surface area contributed by atoms with E-state index in [1.165, 1.54) is 5.56 Å². The van der Waals surface area contributed by atoms with Crippen LogP contribution in [0.1, 0.15) is 31.2 Å². The highest BCUT2D eigenvalue weighted by molar-refractivity contribution is 5.81. The Hall–Kier alpha value is -1.88. The Labute approximate surface area is 143 Å². The van der Waals surface area contributed by atoms with Crippen LogP contribution in [0.2, 0.25) is 0 Å². The largest absolute Gasteiger partial charge is 0.369 e. The number of rotatable bonds is 5. The lowest BCUT2D eigenvalue weighted by atomic mass is 9.97. The molecule has 1 aromatic carbocycles. The first-order valence-electron chi connectivity index (χ1n) is 8.98. The van der Waals surface area contributed by atoms with Crippen molar-refractivity contribution in [2.75, 3.05) is 26.2 Å². The van der Waals surface area contributed by atoms with E-state index in [1.54, 1.807) is 0 Å². The number of carbonyl (C=O) groups is 2. The fourth-order valence-electron chi connectivity index (χ4n) is 3.93. The Morgan fingerprint density at radius 3 is 2.58 bits per heavy atom. The second kappa shape index (κ2) is 7.79. The number of amides is 2. The van der Waals surface area contributed by atoms with Crippen LogP contribution in [0.5, 0.6) is 0 Å². The maximum atomic E-state index is 12.7. The Kier molecular flexibility index (Phi) is 5.51. The smallest absolute Gasteiger partial charge is 0.236 e. The van der Waals surface area contributed by atoms with E-state index >= 15 is 0 Å². The van der Waals surface area contributed by atoms with Crippen molar-refractivity contribution in [1.82, 2.24) is 9.80 Å². The number of piperidine rings is 1. The maximum absolute atomic E-state index is 12.7. The van der Waals surface area contributed by atoms with Crippen molar-refractivity contribution in [2.45, 2.75) is 38.1 Å². The molecule has 0 saturated carbocycles. The van der Waals surface area contributed by atoms with Gasteiger partial charge in [-0.25, -0.2) is 0 Å². The molecule has 0 unspecified atom stereocenters. The summed E-state index contributed by atoms with van der Waals surface area (Å²) < 4.78 is 0. The third kappa shape index (κ3) is 4.15. The van der Waals surface area contributed by atoms with Gasteiger partial charge in [-0.1, -0.05) is 30.3 Å². The predicted octanol–water partition coefficient (Wildman–Crippen LogP) is 1.42. The van der Waals surface area contributed by atoms with Crippen LogP contribution in [0.25, 0.3) is 0 Å². The van der Waals surface area contributed by atoms with E-state index < -0.39 is 0 Å². The van der Waals surface area contributed by atoms with Gasteiger partial charge >= 0.3 is 0 Å². The average Bonchev–Trinajstić information content (AvgIpc) is 3.02. The molecule has 2 fully saturated rings. The molecule has 0 aliphatic carbocycles. The summed E-state index contributed by atoms with van der Waals surface area (Å²) in [6.07, 6.45) is 4.96. The van der Waals surface area contributed by atoms with E-state index in [0.717, 1.165) is 45.2 Å². The van der Waals surface area contributed by atoms with Crippen LogP contribution < -0.4 is 5.73 Å². The number of benzene rings is 1. The molecule has 2 N–H and O–H groups in total. The van der Waals surface area contributed by atoms with Gasteiger partial charge in [-0.2, -0.15) is 0 Å². The van der Waals surface area contributed by atoms with Crippen molar-refractivity contribution < 1.29 is 9.59 Å². The van der Waals surface area contributed by atoms with Crippen LogP contribution in [0.3, 0.4) is 0 Å². The molecule has 2 aliphatic heterocycles. The van der Waals surface area contributed by atoms with Gasteiger partial charge in [-0.05, 0) is 44.2 Å². The summed E-state index contributed by atoms with van der Waals surface area (Å²) in [4.78, 5) is 28.2. The van der Waals surface area contributed by atoms with Crippen molar-refractivity contribution in [3.8, 4) is 0 Å². The SMILES string of the molecule is NC(=O)[C@H]1CCCN(C(=O)CN2CCC[C@H]2Cc2ccccc2)C1. The molecular weight excluding hydrogens is 302 g/mol. The van der Waals surface area contributed by atoms with Crippen LogP contribution in [0.15, 0.2) is 30.3 Å². The molecule has 130 valence electrons. The third-order valence-electron chi connectivity index (χ3n) is 5.33. The van der Waals surface area contributed by atoms with Crippen LogP contribution in [-0.4, -0.2) is 53.8 Å². The van der Waals surface area contributed by atoms with Gasteiger partial charge in [0.05, 0.1) is 12.5 Å². The second-order valence-electron chi connectivity index (χ2n) is 7.04. The summed E-state index contributed by atoms with van der Waals surface area (Å²) in [5.41, 5.74) is 6.74. The van der Waals surface area contributed by atoms with Gasteiger partial charge in [0.1, 0.15) is 0 Å². The third-order valence-corrected chi connectivity index (χ3v) is 5.33. The van der Waals surface area contributed by atoms with Crippen LogP contribution in [0, 0.1) is 5.92 Å². The standard InChI is InChI=1S/C19H27N3O2/c20-19(24)16-8-4-11-22(13-16)18(23)14-21-10-5-9-17(21)12-15-6-2-1-3-7-15/h1-3,6-7,16-17H,4-5,8-14H2,(H2,20,24)/t16-,17-/m0/s1. The minimum Gasteiger partial charge on any atom is -0.369 e. The molecule has 2 saturated heterocycles. The lowest BCUT2D eigenvalue weighted by molar-refractivity contribution is -0.136. The number of carbonyl (C=O) groups excluding carboxylic acids is 2. The zero-order chi connectivity index (χ0) is 16.9. The minimum absolute atomic E-state index is 0.140. The molecule has 24 heavy (non-hydrogen) atoms. The van der Waals surface area contributed by atoms with E-state index in [1.807, 2.05) is 11.0 Å². The van der Waals surface area contributed by atoms with E-state index in [-0.39, 0.29) is 17.7 Å². The normalized spacial score (nSPS) is 24.9. The van der Waals surface area contributed by atoms with Gasteiger partial charge in [0.2, 0.25) is 11.8 Å². The second-order valence-corrected chi connectivity index (χ2v) is 7.04. The maximum Gasteiger partial charge on any atom is 0.236 e. The Balaban J connectivity index is 1.56. The predicted molar refractivity (Wildman–Crippen MR) is 93.2 cm³/mol. The number of primary amides is 1. The fourth-order valence-corrected chi connectivity index (χ4v) is 3.93. The van der Waals surface area contributed by atoms with Gasteiger partial charge in [-0.15, -0.1) is 0 Å². The molecule has 0 radical (unpaired) electrons. The van der Waals surface area contributed by atoms with Crippen molar-refractivity contribution in [1.29, 1.82) is 0 Å². The van der Waals surface area contributed by atoms with E-state index in [9.17, 15) is 9.59 Å². The van der Waals surface area contributed by atoms with Gasteiger partial charge in [0, 0.05) is 19.1 Å². The molecule has 0 spiro atoms. The summed E-state index contributed by atoms with van der Waals surface area (Å²) in [6.45, 7) is 2.68. The number of nitrogens with zero attached hydrogens (tertiary/aromatic N) is 2. The molecule has 1 aromatic rings. The molecule has 2 amide bonds. The minimum atomic E-state index is -0.282. The summed E-state index contributed by atoms with van der Waals surface area (Å²) in [5.74, 6) is -0.321. The van der Waals surface area contributed by atoms with Crippen molar-refractivity contribution in [2.24, 2.45) is 11.7 Å². The summed E-state index contributed by atoms with van der Waals surface area (Å²) in [6, 6.07) is 10.9. The van der Waals surface area contributed by atoms with E-state index in [4.69, 9.17) is 5.73 Å². The first kappa shape index (κ1) is 17.0. The molecule has 2 atom stereocenters. The highest BCUT2D eigenvalue weighted by atomic mass is 16.2. The number of nitrogens with two attached hydrogens (primary N) is 1. The average molecular weight is 329 g/mol. The first-order valence-corrected chi connectivity index (χ1v) is 8.98. The van der Waals surface area contributed by atoms with Crippen molar-refractivity contribution in [3.05, 3.63) is 35.9 Å². The molecule has 3 rings (SSSR count). The lowest BCUT2D eigenvalue weighted by Crippen LogP contribution is -2.48. The zero-order valence-corrected chi connectivity index (χ0v) is 14.2. The number of likely N-dealkylation sites (tertiary alicyclic amines) is 2. The van der Waals surface area contributed by atoms with Crippen molar-refractivity contribution in [3.63, 3.8) is 0 Å². The van der Waals surface area contributed by atoms with Crippen molar-refractivity contribution >= 4 is 11.8 Å². The Bertz CT molecular complexity index is 575. The van der Waals surface area contributed by atoms with E-state index in [2.05, 4.69) is 29.2 Å². The lowest BCUT2D eigenvalue weighted by Gasteiger charge is -2.33. The van der Waals surface area contributed by atoms with Crippen LogP contribution in [0.4, 0.5) is 0 Å². The fraction of sp³-hybridized carbons (Fsp3) is 0.579. The number of hydrogen-bond donors (Lipinski definition) is 1. The Morgan fingerprint density at radius 1 is 1.08 bits per heavy atom. The molecule has 5 nitrogen and oxygen atoms in total. The quantitative estimate of drug-likeness (QED) is 0.888. The van der Waals surface area contributed by atoms with Gasteiger partial charge < -0.3 is 10.6 Å². The molecule has 5 heteroatoms.